The molecule has 0 fully saturated rings. The molecule has 0 aliphatic carbocycles. The molecule has 0 heterocycles. The Kier molecular flexibility index (Phi) is 4.17. The number of methoxy groups -OCH3 is 1. The SMILES string of the molecule is COC(=O)OCC(Cl)(Cl)Cl. The second-order valence-corrected chi connectivity index (χ2v) is 3.87. The zero-order valence-corrected chi connectivity index (χ0v) is 7.33. The van der Waals surface area contributed by atoms with E-state index in [-0.39, 0.29) is 6.61 Å². The number of carbonyl (C=O) groups is 1. The minimum atomic E-state index is -1.58. The van der Waals surface area contributed by atoms with E-state index in [0.29, 0.717) is 0 Å². The molecular weight excluding hydrogens is 202 g/mol. The molecular formula is C4H5Cl3O3. The first-order valence-corrected chi connectivity index (χ1v) is 3.36. The lowest BCUT2D eigenvalue weighted by molar-refractivity contribution is 0.0743. The first-order valence-electron chi connectivity index (χ1n) is 2.23. The molecule has 0 bridgehead atoms. The number of alkyl halides is 3. The molecule has 0 aliphatic heterocycles. The molecule has 0 amide bonds. The number of rotatable bonds is 1. The second-order valence-electron chi connectivity index (χ2n) is 1.36. The molecule has 0 aliphatic rings. The van der Waals surface area contributed by atoms with Crippen LogP contribution in [-0.4, -0.2) is 23.7 Å². The maximum absolute atomic E-state index is 10.2. The highest BCUT2D eigenvalue weighted by Crippen LogP contribution is 2.25. The molecule has 0 unspecified atom stereocenters. The summed E-state index contributed by atoms with van der Waals surface area (Å²) in [5, 5.41) is 0. The summed E-state index contributed by atoms with van der Waals surface area (Å²) >= 11 is 15.7. The van der Waals surface area contributed by atoms with Crippen molar-refractivity contribution < 1.29 is 14.3 Å². The van der Waals surface area contributed by atoms with Crippen molar-refractivity contribution in [3.63, 3.8) is 0 Å². The van der Waals surface area contributed by atoms with Crippen molar-refractivity contribution in [2.24, 2.45) is 0 Å². The Balaban J connectivity index is 3.46. The summed E-state index contributed by atoms with van der Waals surface area (Å²) < 4.78 is 6.83. The summed E-state index contributed by atoms with van der Waals surface area (Å²) in [6, 6.07) is 0. The maximum atomic E-state index is 10.2. The normalized spacial score (nSPS) is 10.8. The maximum Gasteiger partial charge on any atom is 0.508 e. The summed E-state index contributed by atoms with van der Waals surface area (Å²) in [5.41, 5.74) is 0. The smallest absolute Gasteiger partial charge is 0.438 e. The Morgan fingerprint density at radius 2 is 2.00 bits per heavy atom. The van der Waals surface area contributed by atoms with Gasteiger partial charge < -0.3 is 9.47 Å². The predicted octanol–water partition coefficient (Wildman–Crippen LogP) is 2.14. The van der Waals surface area contributed by atoms with Crippen LogP contribution in [0.15, 0.2) is 0 Å². The van der Waals surface area contributed by atoms with Crippen LogP contribution in [0.2, 0.25) is 0 Å². The minimum absolute atomic E-state index is 0.315. The van der Waals surface area contributed by atoms with Crippen LogP contribution >= 0.6 is 34.8 Å². The highest BCUT2D eigenvalue weighted by atomic mass is 35.6. The lowest BCUT2D eigenvalue weighted by Gasteiger charge is -2.09. The van der Waals surface area contributed by atoms with E-state index >= 15 is 0 Å². The molecule has 60 valence electrons. The van der Waals surface area contributed by atoms with Crippen molar-refractivity contribution >= 4 is 41.0 Å². The van der Waals surface area contributed by atoms with Crippen LogP contribution in [0.3, 0.4) is 0 Å². The van der Waals surface area contributed by atoms with Gasteiger partial charge in [-0.05, 0) is 0 Å². The van der Waals surface area contributed by atoms with Gasteiger partial charge in [0.1, 0.15) is 6.61 Å². The summed E-state index contributed by atoms with van der Waals surface area (Å²) in [6.07, 6.45) is -0.869. The van der Waals surface area contributed by atoms with Crippen molar-refractivity contribution in [3.05, 3.63) is 0 Å². The fourth-order valence-electron chi connectivity index (χ4n) is 0.200. The van der Waals surface area contributed by atoms with Crippen LogP contribution in [0.1, 0.15) is 0 Å². The topological polar surface area (TPSA) is 35.5 Å². The third kappa shape index (κ3) is 6.26. The Labute approximate surface area is 73.1 Å². The summed E-state index contributed by atoms with van der Waals surface area (Å²) in [4.78, 5) is 10.2. The molecule has 0 aromatic heterocycles. The first kappa shape index (κ1) is 10.1. The zero-order chi connectivity index (χ0) is 8.20. The Morgan fingerprint density at radius 3 is 2.30 bits per heavy atom. The highest BCUT2D eigenvalue weighted by Gasteiger charge is 2.22. The van der Waals surface area contributed by atoms with Crippen molar-refractivity contribution in [3.8, 4) is 0 Å². The molecule has 0 aromatic rings. The van der Waals surface area contributed by atoms with E-state index in [1.165, 1.54) is 7.11 Å². The number of halogens is 3. The van der Waals surface area contributed by atoms with Gasteiger partial charge in [0, 0.05) is 0 Å². The summed E-state index contributed by atoms with van der Waals surface area (Å²) in [5.74, 6) is 0. The molecule has 0 radical (unpaired) electrons. The third-order valence-corrected chi connectivity index (χ3v) is 0.848. The van der Waals surface area contributed by atoms with E-state index in [9.17, 15) is 4.79 Å². The van der Waals surface area contributed by atoms with Crippen LogP contribution in [0.5, 0.6) is 0 Å². The molecule has 0 saturated heterocycles. The van der Waals surface area contributed by atoms with Crippen LogP contribution in [0.25, 0.3) is 0 Å². The second kappa shape index (κ2) is 4.11. The highest BCUT2D eigenvalue weighted by molar-refractivity contribution is 6.67. The van der Waals surface area contributed by atoms with Crippen LogP contribution in [0.4, 0.5) is 4.79 Å². The van der Waals surface area contributed by atoms with Gasteiger partial charge in [0.15, 0.2) is 0 Å². The van der Waals surface area contributed by atoms with Gasteiger partial charge >= 0.3 is 6.16 Å². The van der Waals surface area contributed by atoms with Crippen LogP contribution in [0, 0.1) is 0 Å². The largest absolute Gasteiger partial charge is 0.508 e. The lowest BCUT2D eigenvalue weighted by atomic mass is 10.8. The fourth-order valence-corrected chi connectivity index (χ4v) is 0.363. The van der Waals surface area contributed by atoms with E-state index in [1.807, 2.05) is 0 Å². The van der Waals surface area contributed by atoms with E-state index in [2.05, 4.69) is 9.47 Å². The predicted molar refractivity (Wildman–Crippen MR) is 38.6 cm³/mol. The third-order valence-electron chi connectivity index (χ3n) is 0.520. The Hall–Kier alpha value is 0.140. The lowest BCUT2D eigenvalue weighted by Crippen LogP contribution is -2.16. The molecule has 0 saturated carbocycles. The Morgan fingerprint density at radius 1 is 1.50 bits per heavy atom. The van der Waals surface area contributed by atoms with Gasteiger partial charge in [-0.2, -0.15) is 0 Å². The Bertz CT molecular complexity index is 119. The summed E-state index contributed by atoms with van der Waals surface area (Å²) in [6.45, 7) is -0.315. The van der Waals surface area contributed by atoms with Crippen molar-refractivity contribution in [2.45, 2.75) is 3.79 Å². The van der Waals surface area contributed by atoms with Gasteiger partial charge in [-0.25, -0.2) is 4.79 Å². The quantitative estimate of drug-likeness (QED) is 0.488. The number of hydrogen-bond acceptors (Lipinski definition) is 3. The molecule has 0 rings (SSSR count). The van der Waals surface area contributed by atoms with Gasteiger partial charge in [0.05, 0.1) is 7.11 Å². The molecule has 0 atom stereocenters. The fraction of sp³-hybridized carbons (Fsp3) is 0.750. The summed E-state index contributed by atoms with van der Waals surface area (Å²) in [7, 11) is 1.17. The first-order chi connectivity index (χ1) is 4.45. The van der Waals surface area contributed by atoms with Crippen molar-refractivity contribution in [1.29, 1.82) is 0 Å². The molecule has 3 nitrogen and oxygen atoms in total. The van der Waals surface area contributed by atoms with Crippen molar-refractivity contribution in [1.82, 2.24) is 0 Å². The minimum Gasteiger partial charge on any atom is -0.438 e. The number of carbonyl (C=O) groups excluding carboxylic acids is 1. The average Bonchev–Trinajstić information content (AvgIpc) is 1.81. The molecule has 0 aromatic carbocycles. The number of hydrogen-bond donors (Lipinski definition) is 0. The van der Waals surface area contributed by atoms with Crippen LogP contribution < -0.4 is 0 Å². The van der Waals surface area contributed by atoms with Gasteiger partial charge in [0.25, 0.3) is 0 Å². The molecule has 6 heteroatoms. The molecule has 10 heavy (non-hydrogen) atoms. The van der Waals surface area contributed by atoms with Gasteiger partial charge in [-0.3, -0.25) is 0 Å². The van der Waals surface area contributed by atoms with Crippen molar-refractivity contribution in [2.75, 3.05) is 13.7 Å². The van der Waals surface area contributed by atoms with E-state index in [1.54, 1.807) is 0 Å². The molecule has 0 spiro atoms. The monoisotopic (exact) mass is 206 g/mol. The van der Waals surface area contributed by atoms with E-state index < -0.39 is 9.95 Å². The average molecular weight is 207 g/mol. The van der Waals surface area contributed by atoms with Gasteiger partial charge in [0.2, 0.25) is 3.79 Å². The van der Waals surface area contributed by atoms with Gasteiger partial charge in [-0.1, -0.05) is 34.8 Å². The van der Waals surface area contributed by atoms with E-state index in [0.717, 1.165) is 0 Å². The zero-order valence-electron chi connectivity index (χ0n) is 5.07. The molecule has 0 N–H and O–H groups in total. The number of ether oxygens (including phenoxy) is 2. The van der Waals surface area contributed by atoms with Gasteiger partial charge in [-0.15, -0.1) is 0 Å². The standard InChI is InChI=1S/C4H5Cl3O3/c1-9-3(8)10-2-4(5,6)7/h2H2,1H3. The van der Waals surface area contributed by atoms with Crippen LogP contribution in [-0.2, 0) is 9.47 Å². The van der Waals surface area contributed by atoms with E-state index in [4.69, 9.17) is 34.8 Å².